The highest BCUT2D eigenvalue weighted by Gasteiger charge is 2.60. The van der Waals surface area contributed by atoms with E-state index in [2.05, 4.69) is 27.7 Å². The van der Waals surface area contributed by atoms with E-state index in [1.54, 1.807) is 0 Å². The second kappa shape index (κ2) is 6.52. The largest absolute Gasteiger partial charge is 0.481 e. The van der Waals surface area contributed by atoms with Crippen LogP contribution in [0.4, 0.5) is 0 Å². The first-order valence-electron chi connectivity index (χ1n) is 11.5. The summed E-state index contributed by atoms with van der Waals surface area (Å²) < 4.78 is 0. The van der Waals surface area contributed by atoms with Gasteiger partial charge in [0.15, 0.2) is 0 Å². The number of carboxylic acids is 1. The number of aliphatic carboxylic acids is 1. The molecule has 0 amide bonds. The van der Waals surface area contributed by atoms with Crippen molar-refractivity contribution in [3.63, 3.8) is 0 Å². The smallest absolute Gasteiger partial charge is 0.303 e. The maximum Gasteiger partial charge on any atom is 0.303 e. The highest BCUT2D eigenvalue weighted by atomic mass is 16.4. The van der Waals surface area contributed by atoms with Crippen molar-refractivity contribution in [2.45, 2.75) is 91.9 Å². The Morgan fingerprint density at radius 2 is 1.69 bits per heavy atom. The Labute approximate surface area is 160 Å². The third kappa shape index (κ3) is 2.76. The van der Waals surface area contributed by atoms with E-state index < -0.39 is 5.97 Å². The van der Waals surface area contributed by atoms with Crippen LogP contribution in [0.3, 0.4) is 0 Å². The van der Waals surface area contributed by atoms with Crippen molar-refractivity contribution < 1.29 is 9.90 Å². The molecule has 148 valence electrons. The summed E-state index contributed by atoms with van der Waals surface area (Å²) in [7, 11) is 0. The van der Waals surface area contributed by atoms with Crippen LogP contribution < -0.4 is 0 Å². The molecule has 4 aliphatic rings. The van der Waals surface area contributed by atoms with Crippen LogP contribution in [0.15, 0.2) is 0 Å². The number of hydrogen-bond acceptors (Lipinski definition) is 1. The van der Waals surface area contributed by atoms with Crippen LogP contribution in [-0.2, 0) is 4.79 Å². The Morgan fingerprint density at radius 3 is 2.42 bits per heavy atom. The number of carbonyl (C=O) groups is 1. The van der Waals surface area contributed by atoms with Crippen LogP contribution in [0, 0.1) is 52.3 Å². The molecule has 0 radical (unpaired) electrons. The van der Waals surface area contributed by atoms with Crippen molar-refractivity contribution >= 4 is 5.97 Å². The average molecular weight is 361 g/mol. The Hall–Kier alpha value is -0.530. The van der Waals surface area contributed by atoms with Crippen molar-refractivity contribution in [3.05, 3.63) is 0 Å². The molecule has 9 atom stereocenters. The molecule has 0 spiro atoms. The van der Waals surface area contributed by atoms with E-state index in [0.717, 1.165) is 29.6 Å². The fourth-order valence-electron chi connectivity index (χ4n) is 8.87. The van der Waals surface area contributed by atoms with Gasteiger partial charge in [-0.3, -0.25) is 4.79 Å². The molecule has 5 unspecified atom stereocenters. The lowest BCUT2D eigenvalue weighted by Gasteiger charge is -2.61. The standard InChI is InChI=1S/C24H40O2/c1-15-9-11-23(3)17(13-15)5-6-18-20-8-7-19(16(2)14-22(25)26)24(20,4)12-10-21(18)23/h15-21H,5-14H2,1-4H3,(H,25,26)/t15-,16-,17?,18?,19?,20?,21?,23+,24-/m1/s1. The zero-order chi connectivity index (χ0) is 18.7. The van der Waals surface area contributed by atoms with Gasteiger partial charge in [0, 0.05) is 6.42 Å². The van der Waals surface area contributed by atoms with Crippen LogP contribution >= 0.6 is 0 Å². The molecule has 4 fully saturated rings. The summed E-state index contributed by atoms with van der Waals surface area (Å²) in [5.41, 5.74) is 1.00. The van der Waals surface area contributed by atoms with E-state index in [-0.39, 0.29) is 0 Å². The first kappa shape index (κ1) is 18.8. The summed E-state index contributed by atoms with van der Waals surface area (Å²) in [6, 6.07) is 0. The third-order valence-electron chi connectivity index (χ3n) is 10.2. The van der Waals surface area contributed by atoms with Gasteiger partial charge in [0.05, 0.1) is 0 Å². The van der Waals surface area contributed by atoms with Gasteiger partial charge in [-0.05, 0) is 104 Å². The molecule has 0 saturated heterocycles. The first-order valence-corrected chi connectivity index (χ1v) is 11.5. The van der Waals surface area contributed by atoms with Crippen LogP contribution in [0.2, 0.25) is 0 Å². The Bertz CT molecular complexity index is 556. The molecule has 4 saturated carbocycles. The Kier molecular flexibility index (Phi) is 4.72. The molecular weight excluding hydrogens is 320 g/mol. The molecule has 0 aliphatic heterocycles. The average Bonchev–Trinajstić information content (AvgIpc) is 2.92. The van der Waals surface area contributed by atoms with Crippen LogP contribution in [0.1, 0.15) is 91.9 Å². The molecule has 0 aromatic carbocycles. The van der Waals surface area contributed by atoms with Gasteiger partial charge in [-0.1, -0.05) is 34.1 Å². The molecule has 4 aliphatic carbocycles. The zero-order valence-corrected chi connectivity index (χ0v) is 17.5. The monoisotopic (exact) mass is 360 g/mol. The van der Waals surface area contributed by atoms with Gasteiger partial charge in [0.1, 0.15) is 0 Å². The molecule has 1 N–H and O–H groups in total. The number of carboxylic acid groups (broad SMARTS) is 1. The predicted octanol–water partition coefficient (Wildman–Crippen LogP) is 6.39. The predicted molar refractivity (Wildman–Crippen MR) is 106 cm³/mol. The van der Waals surface area contributed by atoms with E-state index >= 15 is 0 Å². The van der Waals surface area contributed by atoms with Crippen molar-refractivity contribution in [2.24, 2.45) is 52.3 Å². The summed E-state index contributed by atoms with van der Waals surface area (Å²) >= 11 is 0. The summed E-state index contributed by atoms with van der Waals surface area (Å²) in [6.07, 6.45) is 13.1. The fraction of sp³-hybridized carbons (Fsp3) is 0.958. The minimum absolute atomic E-state index is 0.335. The van der Waals surface area contributed by atoms with Gasteiger partial charge in [-0.2, -0.15) is 0 Å². The van der Waals surface area contributed by atoms with E-state index in [0.29, 0.717) is 29.1 Å². The molecule has 4 rings (SSSR count). The van der Waals surface area contributed by atoms with Crippen LogP contribution in [0.5, 0.6) is 0 Å². The lowest BCUT2D eigenvalue weighted by molar-refractivity contribution is -0.140. The van der Waals surface area contributed by atoms with Gasteiger partial charge < -0.3 is 5.11 Å². The SMILES string of the molecule is C[C@@H]1CC[C@@]2(C)C(CCC3C2CC[C@@]2(C)C3CCC2[C@H](C)CC(=O)O)C1. The van der Waals surface area contributed by atoms with Crippen molar-refractivity contribution in [2.75, 3.05) is 0 Å². The van der Waals surface area contributed by atoms with Crippen molar-refractivity contribution in [1.82, 2.24) is 0 Å². The van der Waals surface area contributed by atoms with Gasteiger partial charge in [0.2, 0.25) is 0 Å². The van der Waals surface area contributed by atoms with Gasteiger partial charge in [-0.25, -0.2) is 0 Å². The Morgan fingerprint density at radius 1 is 1.00 bits per heavy atom. The highest BCUT2D eigenvalue weighted by Crippen LogP contribution is 2.68. The minimum atomic E-state index is -0.609. The first-order chi connectivity index (χ1) is 12.3. The number of fused-ring (bicyclic) bond motifs is 5. The molecule has 0 aromatic rings. The summed E-state index contributed by atoms with van der Waals surface area (Å²) in [4.78, 5) is 11.3. The second-order valence-electron chi connectivity index (χ2n) is 11.3. The zero-order valence-electron chi connectivity index (χ0n) is 17.5. The van der Waals surface area contributed by atoms with E-state index in [4.69, 9.17) is 0 Å². The summed E-state index contributed by atoms with van der Waals surface area (Å²) in [6.45, 7) is 9.87. The molecule has 0 heterocycles. The molecule has 0 aromatic heterocycles. The summed E-state index contributed by atoms with van der Waals surface area (Å²) in [5, 5.41) is 9.30. The maximum atomic E-state index is 11.3. The Balaban J connectivity index is 1.55. The fourth-order valence-corrected chi connectivity index (χ4v) is 8.87. The molecule has 26 heavy (non-hydrogen) atoms. The molecule has 2 heteroatoms. The normalized spacial score (nSPS) is 51.8. The molecular formula is C24H40O2. The van der Waals surface area contributed by atoms with Crippen molar-refractivity contribution in [3.8, 4) is 0 Å². The van der Waals surface area contributed by atoms with Gasteiger partial charge in [0.25, 0.3) is 0 Å². The lowest BCUT2D eigenvalue weighted by Crippen LogP contribution is -2.53. The van der Waals surface area contributed by atoms with Gasteiger partial charge >= 0.3 is 5.97 Å². The van der Waals surface area contributed by atoms with Crippen LogP contribution in [0.25, 0.3) is 0 Å². The van der Waals surface area contributed by atoms with E-state index in [1.807, 2.05) is 0 Å². The quantitative estimate of drug-likeness (QED) is 0.633. The van der Waals surface area contributed by atoms with Gasteiger partial charge in [-0.15, -0.1) is 0 Å². The highest BCUT2D eigenvalue weighted by molar-refractivity contribution is 5.67. The lowest BCUT2D eigenvalue weighted by atomic mass is 9.44. The molecule has 2 nitrogen and oxygen atoms in total. The second-order valence-corrected chi connectivity index (χ2v) is 11.3. The maximum absolute atomic E-state index is 11.3. The van der Waals surface area contributed by atoms with Crippen LogP contribution in [-0.4, -0.2) is 11.1 Å². The third-order valence-corrected chi connectivity index (χ3v) is 10.2. The topological polar surface area (TPSA) is 37.3 Å². The van der Waals surface area contributed by atoms with Crippen molar-refractivity contribution in [1.29, 1.82) is 0 Å². The minimum Gasteiger partial charge on any atom is -0.481 e. The number of rotatable bonds is 3. The van der Waals surface area contributed by atoms with E-state index in [9.17, 15) is 9.90 Å². The molecule has 0 bridgehead atoms. The number of hydrogen-bond donors (Lipinski definition) is 1. The summed E-state index contributed by atoms with van der Waals surface area (Å²) in [5.74, 6) is 4.99. The van der Waals surface area contributed by atoms with E-state index in [1.165, 1.54) is 57.8 Å².